The quantitative estimate of drug-likeness (QED) is 0.706. The van der Waals surface area contributed by atoms with Crippen LogP contribution in [0.3, 0.4) is 0 Å². The second-order valence-corrected chi connectivity index (χ2v) is 10.2. The minimum atomic E-state index is -0.0198. The minimum absolute atomic E-state index is 0.0198. The van der Waals surface area contributed by atoms with E-state index in [-0.39, 0.29) is 12.2 Å². The molecule has 1 heterocycles. The molecule has 3 nitrogen and oxygen atoms in total. The second-order valence-electron chi connectivity index (χ2n) is 10.2. The van der Waals surface area contributed by atoms with E-state index >= 15 is 0 Å². The van der Waals surface area contributed by atoms with E-state index in [2.05, 4.69) is 24.3 Å². The maximum absolute atomic E-state index is 12.9. The molecule has 1 aromatic rings. The molecule has 0 radical (unpaired) electrons. The molecular formula is C24H31NO2. The molecule has 0 unspecified atom stereocenters. The molecule has 5 fully saturated rings. The molecule has 4 saturated carbocycles. The highest BCUT2D eigenvalue weighted by Gasteiger charge is 2.50. The minimum Gasteiger partial charge on any atom is -0.446 e. The molecule has 27 heavy (non-hydrogen) atoms. The fourth-order valence-electron chi connectivity index (χ4n) is 7.66. The predicted molar refractivity (Wildman–Crippen MR) is 105 cm³/mol. The maximum atomic E-state index is 12.9. The zero-order valence-electron chi connectivity index (χ0n) is 16.2. The summed E-state index contributed by atoms with van der Waals surface area (Å²) in [5, 5.41) is 0. The van der Waals surface area contributed by atoms with E-state index in [9.17, 15) is 4.79 Å². The van der Waals surface area contributed by atoms with E-state index in [1.807, 2.05) is 4.90 Å². The van der Waals surface area contributed by atoms with E-state index in [0.29, 0.717) is 17.3 Å². The van der Waals surface area contributed by atoms with E-state index in [0.717, 1.165) is 37.8 Å². The Morgan fingerprint density at radius 1 is 0.926 bits per heavy atom. The van der Waals surface area contributed by atoms with Gasteiger partial charge in [-0.15, -0.1) is 0 Å². The Morgan fingerprint density at radius 3 is 2.30 bits per heavy atom. The van der Waals surface area contributed by atoms with Crippen molar-refractivity contribution in [2.24, 2.45) is 23.7 Å². The zero-order chi connectivity index (χ0) is 18.0. The molecule has 1 amide bonds. The normalized spacial score (nSPS) is 38.2. The van der Waals surface area contributed by atoms with Gasteiger partial charge in [-0.2, -0.15) is 0 Å². The van der Waals surface area contributed by atoms with Crippen LogP contribution in [0.15, 0.2) is 24.3 Å². The molecule has 0 atom stereocenters. The number of likely N-dealkylation sites (tertiary alicyclic amines) is 1. The van der Waals surface area contributed by atoms with Gasteiger partial charge in [0.2, 0.25) is 0 Å². The second kappa shape index (κ2) is 5.99. The first kappa shape index (κ1) is 16.4. The summed E-state index contributed by atoms with van der Waals surface area (Å²) in [5.41, 5.74) is 3.40. The molecule has 1 aliphatic heterocycles. The first-order valence-electron chi connectivity index (χ1n) is 11.2. The van der Waals surface area contributed by atoms with Crippen LogP contribution >= 0.6 is 0 Å². The first-order valence-corrected chi connectivity index (χ1v) is 11.2. The lowest BCUT2D eigenvalue weighted by Crippen LogP contribution is -2.52. The van der Waals surface area contributed by atoms with E-state index in [1.54, 1.807) is 5.56 Å². The summed E-state index contributed by atoms with van der Waals surface area (Å²) in [6, 6.07) is 8.95. The summed E-state index contributed by atoms with van der Waals surface area (Å²) >= 11 is 0. The molecule has 1 aromatic carbocycles. The van der Waals surface area contributed by atoms with Gasteiger partial charge in [0, 0.05) is 13.1 Å². The van der Waals surface area contributed by atoms with Crippen molar-refractivity contribution in [3.8, 4) is 0 Å². The fourth-order valence-corrected chi connectivity index (χ4v) is 7.66. The highest BCUT2D eigenvalue weighted by Crippen LogP contribution is 2.55. The molecule has 7 rings (SSSR count). The van der Waals surface area contributed by atoms with Gasteiger partial charge in [-0.3, -0.25) is 0 Å². The van der Waals surface area contributed by atoms with E-state index in [1.165, 1.54) is 50.5 Å². The Morgan fingerprint density at radius 2 is 1.59 bits per heavy atom. The van der Waals surface area contributed by atoms with Crippen LogP contribution in [-0.4, -0.2) is 30.2 Å². The molecular weight excluding hydrogens is 334 g/mol. The fraction of sp³-hybridized carbons (Fsp3) is 0.708. The number of aryl methyl sites for hydroxylation is 1. The summed E-state index contributed by atoms with van der Waals surface area (Å²) < 4.78 is 6.17. The van der Waals surface area contributed by atoms with Crippen LogP contribution in [0, 0.1) is 23.7 Å². The molecule has 4 bridgehead atoms. The number of rotatable bonds is 1. The third kappa shape index (κ3) is 2.57. The van der Waals surface area contributed by atoms with Gasteiger partial charge >= 0.3 is 6.09 Å². The van der Waals surface area contributed by atoms with Gasteiger partial charge in [0.15, 0.2) is 0 Å². The number of carbonyl (C=O) groups is 1. The Hall–Kier alpha value is -1.51. The van der Waals surface area contributed by atoms with Crippen molar-refractivity contribution in [1.82, 2.24) is 4.90 Å². The molecule has 5 aliphatic carbocycles. The number of piperidine rings is 1. The zero-order valence-corrected chi connectivity index (χ0v) is 16.2. The van der Waals surface area contributed by atoms with Crippen molar-refractivity contribution in [3.63, 3.8) is 0 Å². The molecule has 6 aliphatic rings. The number of amides is 1. The standard InChI is InChI=1S/C24H31NO2/c26-23(27-22-19-12-16-11-17(14-19)15-20(22)13-16)25-9-7-24(8-10-25)6-5-18-3-1-2-4-21(18)24/h1-4,16-17,19-20,22H,5-15H2. The number of carbonyl (C=O) groups excluding carboxylic acids is 1. The van der Waals surface area contributed by atoms with Crippen molar-refractivity contribution in [2.75, 3.05) is 13.1 Å². The SMILES string of the molecule is O=C(OC1C2CC3CC(C2)CC1C3)N1CCC2(CCc3ccccc32)CC1. The summed E-state index contributed by atoms with van der Waals surface area (Å²) in [5.74, 6) is 3.17. The summed E-state index contributed by atoms with van der Waals surface area (Å²) in [6.45, 7) is 1.72. The Labute approximate surface area is 162 Å². The number of hydrogen-bond acceptors (Lipinski definition) is 2. The van der Waals surface area contributed by atoms with Gasteiger partial charge in [0.05, 0.1) is 0 Å². The van der Waals surface area contributed by atoms with Crippen LogP contribution < -0.4 is 0 Å². The van der Waals surface area contributed by atoms with Crippen LogP contribution in [0.4, 0.5) is 4.79 Å². The number of ether oxygens (including phenoxy) is 1. The van der Waals surface area contributed by atoms with E-state index < -0.39 is 0 Å². The molecule has 1 saturated heterocycles. The maximum Gasteiger partial charge on any atom is 0.410 e. The van der Waals surface area contributed by atoms with Crippen LogP contribution in [0.5, 0.6) is 0 Å². The van der Waals surface area contributed by atoms with Crippen molar-refractivity contribution >= 4 is 6.09 Å². The Bertz CT molecular complexity index is 721. The molecule has 0 N–H and O–H groups in total. The predicted octanol–water partition coefficient (Wildman–Crippen LogP) is 4.93. The van der Waals surface area contributed by atoms with Crippen molar-refractivity contribution < 1.29 is 9.53 Å². The average molecular weight is 366 g/mol. The lowest BCUT2D eigenvalue weighted by molar-refractivity contribution is -0.103. The van der Waals surface area contributed by atoms with Gasteiger partial charge in [0.1, 0.15) is 6.10 Å². The third-order valence-electron chi connectivity index (χ3n) is 8.82. The molecule has 144 valence electrons. The van der Waals surface area contributed by atoms with Crippen LogP contribution in [0.1, 0.15) is 62.5 Å². The molecule has 0 aromatic heterocycles. The molecule has 3 heteroatoms. The Balaban J connectivity index is 1.11. The lowest BCUT2D eigenvalue weighted by atomic mass is 9.55. The van der Waals surface area contributed by atoms with Crippen molar-refractivity contribution in [1.29, 1.82) is 0 Å². The van der Waals surface area contributed by atoms with Crippen molar-refractivity contribution in [2.45, 2.75) is 69.3 Å². The lowest BCUT2D eigenvalue weighted by Gasteiger charge is -2.53. The number of benzene rings is 1. The number of nitrogens with zero attached hydrogens (tertiary/aromatic N) is 1. The van der Waals surface area contributed by atoms with Gasteiger partial charge in [-0.25, -0.2) is 4.79 Å². The summed E-state index contributed by atoms with van der Waals surface area (Å²) in [7, 11) is 0. The highest BCUT2D eigenvalue weighted by atomic mass is 16.6. The smallest absolute Gasteiger partial charge is 0.410 e. The van der Waals surface area contributed by atoms with Crippen LogP contribution in [-0.2, 0) is 16.6 Å². The van der Waals surface area contributed by atoms with Crippen molar-refractivity contribution in [3.05, 3.63) is 35.4 Å². The highest BCUT2D eigenvalue weighted by molar-refractivity contribution is 5.68. The van der Waals surface area contributed by atoms with Gasteiger partial charge < -0.3 is 9.64 Å². The van der Waals surface area contributed by atoms with Crippen LogP contribution in [0.2, 0.25) is 0 Å². The number of fused-ring (bicyclic) bond motifs is 2. The topological polar surface area (TPSA) is 29.5 Å². The monoisotopic (exact) mass is 365 g/mol. The van der Waals surface area contributed by atoms with Crippen LogP contribution in [0.25, 0.3) is 0 Å². The van der Waals surface area contributed by atoms with Gasteiger partial charge in [-0.05, 0) is 98.0 Å². The van der Waals surface area contributed by atoms with Gasteiger partial charge in [-0.1, -0.05) is 24.3 Å². The summed E-state index contributed by atoms with van der Waals surface area (Å²) in [6.07, 6.45) is 11.5. The summed E-state index contributed by atoms with van der Waals surface area (Å²) in [4.78, 5) is 15.0. The Kier molecular flexibility index (Phi) is 3.65. The number of hydrogen-bond donors (Lipinski definition) is 0. The largest absolute Gasteiger partial charge is 0.446 e. The van der Waals surface area contributed by atoms with E-state index in [4.69, 9.17) is 4.74 Å². The van der Waals surface area contributed by atoms with Gasteiger partial charge in [0.25, 0.3) is 0 Å². The third-order valence-corrected chi connectivity index (χ3v) is 8.82. The average Bonchev–Trinajstić information content (AvgIpc) is 3.03. The molecule has 1 spiro atoms. The first-order chi connectivity index (χ1) is 13.2.